The summed E-state index contributed by atoms with van der Waals surface area (Å²) >= 11 is 6.18. The predicted molar refractivity (Wildman–Crippen MR) is 97.0 cm³/mol. The van der Waals surface area contributed by atoms with Crippen LogP contribution in [0.25, 0.3) is 0 Å². The van der Waals surface area contributed by atoms with Gasteiger partial charge in [0.05, 0.1) is 0 Å². The van der Waals surface area contributed by atoms with E-state index in [2.05, 4.69) is 16.4 Å². The Balaban J connectivity index is 1.59. The van der Waals surface area contributed by atoms with E-state index < -0.39 is 0 Å². The first-order valence-corrected chi connectivity index (χ1v) is 8.24. The molecule has 1 N–H and O–H groups in total. The first-order valence-electron chi connectivity index (χ1n) is 7.86. The van der Waals surface area contributed by atoms with Gasteiger partial charge in [0.1, 0.15) is 12.4 Å². The topological polar surface area (TPSA) is 34.1 Å². The summed E-state index contributed by atoms with van der Waals surface area (Å²) in [7, 11) is 0. The fraction of sp³-hybridized carbons (Fsp3) is 0.150. The predicted octanol–water partition coefficient (Wildman–Crippen LogP) is 4.60. The van der Waals surface area contributed by atoms with Crippen LogP contribution in [0.3, 0.4) is 0 Å². The van der Waals surface area contributed by atoms with Crippen LogP contribution in [0.4, 0.5) is 0 Å². The highest BCUT2D eigenvalue weighted by Crippen LogP contribution is 2.22. The molecule has 0 amide bonds. The molecule has 0 spiro atoms. The van der Waals surface area contributed by atoms with Gasteiger partial charge in [-0.1, -0.05) is 48.0 Å². The van der Waals surface area contributed by atoms with Gasteiger partial charge in [-0.15, -0.1) is 0 Å². The van der Waals surface area contributed by atoms with Gasteiger partial charge in [-0.25, -0.2) is 0 Å². The number of rotatable bonds is 7. The largest absolute Gasteiger partial charge is 0.489 e. The van der Waals surface area contributed by atoms with E-state index in [4.69, 9.17) is 16.3 Å². The second-order valence-corrected chi connectivity index (χ2v) is 5.85. The standard InChI is InChI=1S/C20H19ClN2O/c21-19-7-3-1-6-18(19)15-24-20-8-4-2-5-17(20)14-23-13-16-9-11-22-12-10-16/h1-12,23H,13-15H2. The van der Waals surface area contributed by atoms with Gasteiger partial charge in [-0.3, -0.25) is 4.98 Å². The molecule has 0 bridgehead atoms. The number of nitrogens with one attached hydrogen (secondary N) is 1. The third-order valence-electron chi connectivity index (χ3n) is 3.71. The number of ether oxygens (including phenoxy) is 1. The number of hydrogen-bond donors (Lipinski definition) is 1. The van der Waals surface area contributed by atoms with Crippen LogP contribution in [0.1, 0.15) is 16.7 Å². The van der Waals surface area contributed by atoms with Crippen LogP contribution in [0.15, 0.2) is 73.1 Å². The number of aromatic nitrogens is 1. The Kier molecular flexibility index (Phi) is 5.83. The van der Waals surface area contributed by atoms with Crippen LogP contribution < -0.4 is 10.1 Å². The molecule has 3 nitrogen and oxygen atoms in total. The van der Waals surface area contributed by atoms with Gasteiger partial charge in [0.2, 0.25) is 0 Å². The summed E-state index contributed by atoms with van der Waals surface area (Å²) in [6, 6.07) is 19.8. The van der Waals surface area contributed by atoms with Crippen molar-refractivity contribution in [3.8, 4) is 5.75 Å². The van der Waals surface area contributed by atoms with E-state index in [-0.39, 0.29) is 0 Å². The van der Waals surface area contributed by atoms with Gasteiger partial charge in [0, 0.05) is 41.6 Å². The molecule has 0 saturated carbocycles. The van der Waals surface area contributed by atoms with E-state index in [0.717, 1.165) is 35.0 Å². The third-order valence-corrected chi connectivity index (χ3v) is 4.08. The molecule has 3 rings (SSSR count). The van der Waals surface area contributed by atoms with Crippen molar-refractivity contribution in [3.63, 3.8) is 0 Å². The van der Waals surface area contributed by atoms with Crippen molar-refractivity contribution in [3.05, 3.63) is 94.8 Å². The molecular weight excluding hydrogens is 320 g/mol. The molecule has 0 aliphatic rings. The number of pyridine rings is 1. The van der Waals surface area contributed by atoms with Crippen molar-refractivity contribution in [2.24, 2.45) is 0 Å². The summed E-state index contributed by atoms with van der Waals surface area (Å²) in [5.74, 6) is 0.875. The molecule has 0 saturated heterocycles. The molecule has 0 unspecified atom stereocenters. The van der Waals surface area contributed by atoms with Crippen molar-refractivity contribution in [2.45, 2.75) is 19.7 Å². The Morgan fingerprint density at radius 1 is 0.833 bits per heavy atom. The second kappa shape index (κ2) is 8.48. The fourth-order valence-corrected chi connectivity index (χ4v) is 2.59. The van der Waals surface area contributed by atoms with Crippen molar-refractivity contribution in [1.29, 1.82) is 0 Å². The molecule has 24 heavy (non-hydrogen) atoms. The smallest absolute Gasteiger partial charge is 0.124 e. The Morgan fingerprint density at radius 3 is 2.33 bits per heavy atom. The van der Waals surface area contributed by atoms with Crippen LogP contribution in [0.5, 0.6) is 5.75 Å². The Morgan fingerprint density at radius 2 is 1.54 bits per heavy atom. The molecule has 1 heterocycles. The fourth-order valence-electron chi connectivity index (χ4n) is 2.40. The van der Waals surface area contributed by atoms with Crippen LogP contribution in [0.2, 0.25) is 5.02 Å². The SMILES string of the molecule is Clc1ccccc1COc1ccccc1CNCc1ccncc1. The van der Waals surface area contributed by atoms with Crippen molar-refractivity contribution in [1.82, 2.24) is 10.3 Å². The van der Waals surface area contributed by atoms with E-state index >= 15 is 0 Å². The van der Waals surface area contributed by atoms with Gasteiger partial charge in [-0.2, -0.15) is 0 Å². The van der Waals surface area contributed by atoms with Crippen LogP contribution in [-0.2, 0) is 19.7 Å². The Bertz CT molecular complexity index is 777. The highest BCUT2D eigenvalue weighted by atomic mass is 35.5. The number of nitrogens with zero attached hydrogens (tertiary/aromatic N) is 1. The normalized spacial score (nSPS) is 10.5. The lowest BCUT2D eigenvalue weighted by atomic mass is 10.2. The first kappa shape index (κ1) is 16.5. The average molecular weight is 339 g/mol. The number of benzene rings is 2. The molecule has 0 aliphatic heterocycles. The molecule has 122 valence electrons. The third kappa shape index (κ3) is 4.57. The maximum atomic E-state index is 6.18. The van der Waals surface area contributed by atoms with Crippen molar-refractivity contribution >= 4 is 11.6 Å². The lowest BCUT2D eigenvalue weighted by Crippen LogP contribution is -2.13. The minimum Gasteiger partial charge on any atom is -0.489 e. The minimum atomic E-state index is 0.459. The number of para-hydroxylation sites is 1. The zero-order chi connectivity index (χ0) is 16.6. The minimum absolute atomic E-state index is 0.459. The van der Waals surface area contributed by atoms with E-state index in [0.29, 0.717) is 6.61 Å². The maximum absolute atomic E-state index is 6.18. The molecule has 2 aromatic carbocycles. The Labute approximate surface area is 147 Å². The number of hydrogen-bond acceptors (Lipinski definition) is 3. The molecule has 0 aliphatic carbocycles. The lowest BCUT2D eigenvalue weighted by Gasteiger charge is -2.13. The molecule has 0 atom stereocenters. The zero-order valence-electron chi connectivity index (χ0n) is 13.3. The summed E-state index contributed by atoms with van der Waals surface area (Å²) in [6.45, 7) is 1.99. The van der Waals surface area contributed by atoms with E-state index in [1.165, 1.54) is 5.56 Å². The molecule has 3 aromatic rings. The lowest BCUT2D eigenvalue weighted by molar-refractivity contribution is 0.302. The second-order valence-electron chi connectivity index (χ2n) is 5.45. The van der Waals surface area contributed by atoms with Gasteiger partial charge in [-0.05, 0) is 29.8 Å². The average Bonchev–Trinajstić information content (AvgIpc) is 2.63. The maximum Gasteiger partial charge on any atom is 0.124 e. The van der Waals surface area contributed by atoms with E-state index in [1.54, 1.807) is 12.4 Å². The summed E-state index contributed by atoms with van der Waals surface area (Å²) < 4.78 is 5.97. The summed E-state index contributed by atoms with van der Waals surface area (Å²) in [4.78, 5) is 4.03. The quantitative estimate of drug-likeness (QED) is 0.683. The van der Waals surface area contributed by atoms with Crippen LogP contribution >= 0.6 is 11.6 Å². The Hall–Kier alpha value is -2.36. The molecule has 1 aromatic heterocycles. The van der Waals surface area contributed by atoms with E-state index in [9.17, 15) is 0 Å². The van der Waals surface area contributed by atoms with Gasteiger partial charge >= 0.3 is 0 Å². The highest BCUT2D eigenvalue weighted by Gasteiger charge is 2.05. The number of halogens is 1. The van der Waals surface area contributed by atoms with Crippen molar-refractivity contribution < 1.29 is 4.74 Å². The van der Waals surface area contributed by atoms with Gasteiger partial charge < -0.3 is 10.1 Å². The summed E-state index contributed by atoms with van der Waals surface area (Å²) in [6.07, 6.45) is 3.61. The highest BCUT2D eigenvalue weighted by molar-refractivity contribution is 6.31. The van der Waals surface area contributed by atoms with Gasteiger partial charge in [0.15, 0.2) is 0 Å². The summed E-state index contributed by atoms with van der Waals surface area (Å²) in [5.41, 5.74) is 3.32. The van der Waals surface area contributed by atoms with Gasteiger partial charge in [0.25, 0.3) is 0 Å². The van der Waals surface area contributed by atoms with E-state index in [1.807, 2.05) is 54.6 Å². The molecular formula is C20H19ClN2O. The van der Waals surface area contributed by atoms with Crippen LogP contribution in [0, 0.1) is 0 Å². The first-order chi connectivity index (χ1) is 11.8. The monoisotopic (exact) mass is 338 g/mol. The molecule has 0 radical (unpaired) electrons. The molecule has 0 fully saturated rings. The molecule has 4 heteroatoms. The van der Waals surface area contributed by atoms with Crippen LogP contribution in [-0.4, -0.2) is 4.98 Å². The zero-order valence-corrected chi connectivity index (χ0v) is 14.0. The summed E-state index contributed by atoms with van der Waals surface area (Å²) in [5, 5.41) is 4.16. The van der Waals surface area contributed by atoms with Crippen molar-refractivity contribution in [2.75, 3.05) is 0 Å².